The van der Waals surface area contributed by atoms with Crippen molar-refractivity contribution in [3.05, 3.63) is 18.0 Å². The van der Waals surface area contributed by atoms with Crippen molar-refractivity contribution in [1.82, 2.24) is 14.7 Å². The monoisotopic (exact) mass is 265 g/mol. The van der Waals surface area contributed by atoms with Crippen molar-refractivity contribution in [2.45, 2.75) is 45.2 Å². The number of hydrogen-bond donors (Lipinski definition) is 1. The third-order valence-corrected chi connectivity index (χ3v) is 3.32. The van der Waals surface area contributed by atoms with Crippen LogP contribution in [-0.2, 0) is 10.3 Å². The average molecular weight is 265 g/mol. The van der Waals surface area contributed by atoms with E-state index in [1.807, 2.05) is 20.8 Å². The third kappa shape index (κ3) is 2.62. The molecule has 0 radical (unpaired) electrons. The van der Waals surface area contributed by atoms with E-state index in [1.54, 1.807) is 10.9 Å². The highest BCUT2D eigenvalue weighted by molar-refractivity contribution is 5.96. The highest BCUT2D eigenvalue weighted by atomic mass is 16.4. The van der Waals surface area contributed by atoms with Gasteiger partial charge in [-0.15, -0.1) is 0 Å². The summed E-state index contributed by atoms with van der Waals surface area (Å²) >= 11 is 0. The van der Waals surface area contributed by atoms with Gasteiger partial charge in [-0.25, -0.2) is 4.79 Å². The van der Waals surface area contributed by atoms with Crippen LogP contribution in [0, 0.1) is 0 Å². The second-order valence-electron chi connectivity index (χ2n) is 5.84. The molecule has 1 amide bonds. The molecule has 0 unspecified atom stereocenters. The number of carbonyl (C=O) groups is 2. The summed E-state index contributed by atoms with van der Waals surface area (Å²) in [5.41, 5.74) is 0.249. The van der Waals surface area contributed by atoms with Gasteiger partial charge in [0.25, 0.3) is 5.91 Å². The fraction of sp³-hybridized carbons (Fsp3) is 0.615. The molecule has 0 bridgehead atoms. The predicted molar refractivity (Wildman–Crippen MR) is 68.9 cm³/mol. The molecule has 104 valence electrons. The Kier molecular flexibility index (Phi) is 3.34. The van der Waals surface area contributed by atoms with Gasteiger partial charge in [-0.1, -0.05) is 0 Å². The molecule has 6 heteroatoms. The maximum atomic E-state index is 12.3. The number of carboxylic acid groups (broad SMARTS) is 1. The van der Waals surface area contributed by atoms with E-state index in [0.717, 1.165) is 6.42 Å². The SMILES string of the molecule is CC(C)(C)n1cc(C(=O)N2CCC[C@@H]2C(=O)O)cn1. The zero-order valence-corrected chi connectivity index (χ0v) is 11.5. The molecule has 6 nitrogen and oxygen atoms in total. The number of likely N-dealkylation sites (tertiary alicyclic amines) is 1. The summed E-state index contributed by atoms with van der Waals surface area (Å²) in [6.07, 6.45) is 4.44. The summed E-state index contributed by atoms with van der Waals surface area (Å²) in [7, 11) is 0. The summed E-state index contributed by atoms with van der Waals surface area (Å²) in [6.45, 7) is 6.47. The molecule has 0 saturated carbocycles. The topological polar surface area (TPSA) is 75.4 Å². The van der Waals surface area contributed by atoms with Gasteiger partial charge in [-0.3, -0.25) is 9.48 Å². The quantitative estimate of drug-likeness (QED) is 0.875. The second-order valence-corrected chi connectivity index (χ2v) is 5.84. The molecule has 1 atom stereocenters. The molecule has 19 heavy (non-hydrogen) atoms. The molecule has 2 heterocycles. The number of aromatic nitrogens is 2. The van der Waals surface area contributed by atoms with Gasteiger partial charge in [0.1, 0.15) is 6.04 Å². The van der Waals surface area contributed by atoms with Gasteiger partial charge in [-0.05, 0) is 33.6 Å². The van der Waals surface area contributed by atoms with E-state index in [9.17, 15) is 9.59 Å². The Morgan fingerprint density at radius 2 is 2.11 bits per heavy atom. The van der Waals surface area contributed by atoms with Crippen LogP contribution in [0.2, 0.25) is 0 Å². The number of carboxylic acids is 1. The first-order valence-corrected chi connectivity index (χ1v) is 6.39. The smallest absolute Gasteiger partial charge is 0.326 e. The summed E-state index contributed by atoms with van der Waals surface area (Å²) in [4.78, 5) is 24.8. The van der Waals surface area contributed by atoms with E-state index in [4.69, 9.17) is 5.11 Å². The van der Waals surface area contributed by atoms with Crippen LogP contribution in [0.1, 0.15) is 44.0 Å². The third-order valence-electron chi connectivity index (χ3n) is 3.32. The van der Waals surface area contributed by atoms with Crippen molar-refractivity contribution < 1.29 is 14.7 Å². The average Bonchev–Trinajstić information content (AvgIpc) is 2.96. The van der Waals surface area contributed by atoms with Gasteiger partial charge < -0.3 is 10.0 Å². The number of rotatable bonds is 2. The minimum atomic E-state index is -0.936. The zero-order valence-electron chi connectivity index (χ0n) is 11.5. The summed E-state index contributed by atoms with van der Waals surface area (Å²) in [5, 5.41) is 13.3. The fourth-order valence-corrected chi connectivity index (χ4v) is 2.23. The van der Waals surface area contributed by atoms with Crippen molar-refractivity contribution in [3.8, 4) is 0 Å². The zero-order chi connectivity index (χ0) is 14.2. The van der Waals surface area contributed by atoms with E-state index in [0.29, 0.717) is 18.5 Å². The molecule has 0 aromatic carbocycles. The number of hydrogen-bond acceptors (Lipinski definition) is 3. The lowest BCUT2D eigenvalue weighted by atomic mass is 10.1. The lowest BCUT2D eigenvalue weighted by Gasteiger charge is -2.21. The first-order chi connectivity index (χ1) is 8.80. The van der Waals surface area contributed by atoms with Gasteiger partial charge in [0.2, 0.25) is 0 Å². The predicted octanol–water partition coefficient (Wildman–Crippen LogP) is 1.33. The van der Waals surface area contributed by atoms with Crippen molar-refractivity contribution in [2.24, 2.45) is 0 Å². The summed E-state index contributed by atoms with van der Waals surface area (Å²) in [5.74, 6) is -1.19. The number of aliphatic carboxylic acids is 1. The Bertz CT molecular complexity index is 501. The van der Waals surface area contributed by atoms with Crippen molar-refractivity contribution in [2.75, 3.05) is 6.54 Å². The van der Waals surface area contributed by atoms with Crippen LogP contribution in [0.4, 0.5) is 0 Å². The van der Waals surface area contributed by atoms with Crippen LogP contribution in [0.5, 0.6) is 0 Å². The lowest BCUT2D eigenvalue weighted by Crippen LogP contribution is -2.40. The summed E-state index contributed by atoms with van der Waals surface area (Å²) in [6, 6.07) is -0.703. The van der Waals surface area contributed by atoms with Crippen LogP contribution < -0.4 is 0 Å². The summed E-state index contributed by atoms with van der Waals surface area (Å²) < 4.78 is 1.71. The maximum absolute atomic E-state index is 12.3. The number of nitrogens with zero attached hydrogens (tertiary/aromatic N) is 3. The van der Waals surface area contributed by atoms with Crippen molar-refractivity contribution >= 4 is 11.9 Å². The van der Waals surface area contributed by atoms with E-state index < -0.39 is 12.0 Å². The Balaban J connectivity index is 2.20. The van der Waals surface area contributed by atoms with Crippen molar-refractivity contribution in [1.29, 1.82) is 0 Å². The van der Waals surface area contributed by atoms with Crippen LogP contribution in [-0.4, -0.2) is 44.3 Å². The molecule has 1 aromatic heterocycles. The number of amides is 1. The Morgan fingerprint density at radius 1 is 1.42 bits per heavy atom. The molecular weight excluding hydrogens is 246 g/mol. The first kappa shape index (κ1) is 13.6. The minimum absolute atomic E-state index is 0.199. The Morgan fingerprint density at radius 3 is 2.63 bits per heavy atom. The molecule has 1 saturated heterocycles. The van der Waals surface area contributed by atoms with E-state index in [-0.39, 0.29) is 11.4 Å². The van der Waals surface area contributed by atoms with Crippen LogP contribution >= 0.6 is 0 Å². The molecule has 1 aliphatic heterocycles. The molecular formula is C13H19N3O3. The normalized spacial score (nSPS) is 19.7. The van der Waals surface area contributed by atoms with Gasteiger partial charge >= 0.3 is 5.97 Å². The molecule has 1 aromatic rings. The standard InChI is InChI=1S/C13H19N3O3/c1-13(2,3)16-8-9(7-14-16)11(17)15-6-4-5-10(15)12(18)19/h7-8,10H,4-6H2,1-3H3,(H,18,19)/t10-/m1/s1. The largest absolute Gasteiger partial charge is 0.480 e. The Labute approximate surface area is 112 Å². The van der Waals surface area contributed by atoms with Gasteiger partial charge in [0.15, 0.2) is 0 Å². The molecule has 1 fully saturated rings. The number of carbonyl (C=O) groups excluding carboxylic acids is 1. The highest BCUT2D eigenvalue weighted by Gasteiger charge is 2.35. The molecule has 0 aliphatic carbocycles. The Hall–Kier alpha value is -1.85. The van der Waals surface area contributed by atoms with E-state index in [1.165, 1.54) is 11.1 Å². The molecule has 2 rings (SSSR count). The van der Waals surface area contributed by atoms with Gasteiger partial charge in [0.05, 0.1) is 17.3 Å². The highest BCUT2D eigenvalue weighted by Crippen LogP contribution is 2.21. The first-order valence-electron chi connectivity index (χ1n) is 6.39. The van der Waals surface area contributed by atoms with Crippen LogP contribution in [0.3, 0.4) is 0 Å². The van der Waals surface area contributed by atoms with E-state index in [2.05, 4.69) is 5.10 Å². The van der Waals surface area contributed by atoms with Gasteiger partial charge in [-0.2, -0.15) is 5.10 Å². The van der Waals surface area contributed by atoms with Crippen LogP contribution in [0.25, 0.3) is 0 Å². The molecule has 1 aliphatic rings. The maximum Gasteiger partial charge on any atom is 0.326 e. The fourth-order valence-electron chi connectivity index (χ4n) is 2.23. The minimum Gasteiger partial charge on any atom is -0.480 e. The van der Waals surface area contributed by atoms with Gasteiger partial charge in [0, 0.05) is 12.7 Å². The molecule has 0 spiro atoms. The molecule has 1 N–H and O–H groups in total. The second kappa shape index (κ2) is 4.68. The lowest BCUT2D eigenvalue weighted by molar-refractivity contribution is -0.141. The van der Waals surface area contributed by atoms with E-state index >= 15 is 0 Å². The van der Waals surface area contributed by atoms with Crippen LogP contribution in [0.15, 0.2) is 12.4 Å². The van der Waals surface area contributed by atoms with Crippen molar-refractivity contribution in [3.63, 3.8) is 0 Å².